The lowest BCUT2D eigenvalue weighted by Crippen LogP contribution is -2.41. The Morgan fingerprint density at radius 2 is 1.75 bits per heavy atom. The first-order chi connectivity index (χ1) is 7.84. The molecule has 16 heavy (non-hydrogen) atoms. The Bertz CT molecular complexity index is 341. The van der Waals surface area contributed by atoms with Gasteiger partial charge in [-0.3, -0.25) is 4.90 Å². The van der Waals surface area contributed by atoms with Gasteiger partial charge in [0.25, 0.3) is 0 Å². The third-order valence-electron chi connectivity index (χ3n) is 4.03. The van der Waals surface area contributed by atoms with E-state index in [4.69, 9.17) is 5.73 Å². The quantitative estimate of drug-likeness (QED) is 0.819. The number of nitrogens with zero attached hydrogens (tertiary/aromatic N) is 1. The number of piperidine rings is 1. The van der Waals surface area contributed by atoms with Crippen molar-refractivity contribution < 1.29 is 0 Å². The molecule has 1 saturated heterocycles. The molecule has 2 aliphatic rings. The van der Waals surface area contributed by atoms with Gasteiger partial charge in [0.15, 0.2) is 0 Å². The normalized spacial score (nSPS) is 31.6. The van der Waals surface area contributed by atoms with Gasteiger partial charge in [-0.05, 0) is 37.9 Å². The highest BCUT2D eigenvalue weighted by molar-refractivity contribution is 5.27. The van der Waals surface area contributed by atoms with E-state index in [-0.39, 0.29) is 0 Å². The van der Waals surface area contributed by atoms with Crippen LogP contribution in [0.15, 0.2) is 30.3 Å². The molecule has 2 heteroatoms. The molecule has 2 atom stereocenters. The molecule has 1 aliphatic heterocycles. The van der Waals surface area contributed by atoms with Gasteiger partial charge in [0, 0.05) is 18.0 Å². The van der Waals surface area contributed by atoms with Crippen molar-refractivity contribution in [3.8, 4) is 0 Å². The van der Waals surface area contributed by atoms with Gasteiger partial charge in [-0.1, -0.05) is 30.3 Å². The zero-order valence-electron chi connectivity index (χ0n) is 9.68. The first-order valence-electron chi connectivity index (χ1n) is 6.39. The smallest absolute Gasteiger partial charge is 0.0171 e. The molecule has 2 fully saturated rings. The number of hydrogen-bond donors (Lipinski definition) is 1. The maximum Gasteiger partial charge on any atom is 0.0171 e. The summed E-state index contributed by atoms with van der Waals surface area (Å²) in [7, 11) is 0. The molecule has 0 spiro atoms. The van der Waals surface area contributed by atoms with Gasteiger partial charge >= 0.3 is 0 Å². The second-order valence-electron chi connectivity index (χ2n) is 5.19. The Kier molecular flexibility index (Phi) is 2.70. The van der Waals surface area contributed by atoms with Crippen LogP contribution in [-0.4, -0.2) is 30.1 Å². The summed E-state index contributed by atoms with van der Waals surface area (Å²) in [6.45, 7) is 2.41. The predicted molar refractivity (Wildman–Crippen MR) is 66.4 cm³/mol. The van der Waals surface area contributed by atoms with E-state index in [2.05, 4.69) is 35.2 Å². The summed E-state index contributed by atoms with van der Waals surface area (Å²) in [4.78, 5) is 2.64. The number of hydrogen-bond acceptors (Lipinski definition) is 2. The fourth-order valence-electron chi connectivity index (χ4n) is 2.89. The summed E-state index contributed by atoms with van der Waals surface area (Å²) in [5, 5.41) is 0. The number of rotatable bonds is 2. The Morgan fingerprint density at radius 3 is 2.44 bits per heavy atom. The third kappa shape index (κ3) is 2.00. The fraction of sp³-hybridized carbons (Fsp3) is 0.571. The first-order valence-corrected chi connectivity index (χ1v) is 6.39. The molecule has 0 radical (unpaired) electrons. The Balaban J connectivity index is 1.60. The van der Waals surface area contributed by atoms with Crippen molar-refractivity contribution >= 4 is 0 Å². The summed E-state index contributed by atoms with van der Waals surface area (Å²) < 4.78 is 0. The van der Waals surface area contributed by atoms with E-state index in [1.54, 1.807) is 0 Å². The second-order valence-corrected chi connectivity index (χ2v) is 5.19. The maximum atomic E-state index is 5.94. The summed E-state index contributed by atoms with van der Waals surface area (Å²) in [5.74, 6) is 0.788. The van der Waals surface area contributed by atoms with Crippen LogP contribution in [0.1, 0.15) is 30.7 Å². The van der Waals surface area contributed by atoms with Crippen molar-refractivity contribution in [1.29, 1.82) is 0 Å². The van der Waals surface area contributed by atoms with E-state index < -0.39 is 0 Å². The van der Waals surface area contributed by atoms with Crippen LogP contribution in [0.4, 0.5) is 0 Å². The van der Waals surface area contributed by atoms with Crippen LogP contribution in [-0.2, 0) is 0 Å². The van der Waals surface area contributed by atoms with Crippen molar-refractivity contribution in [2.75, 3.05) is 13.1 Å². The van der Waals surface area contributed by atoms with Gasteiger partial charge in [0.1, 0.15) is 0 Å². The van der Waals surface area contributed by atoms with Gasteiger partial charge < -0.3 is 5.73 Å². The van der Waals surface area contributed by atoms with Crippen molar-refractivity contribution in [3.63, 3.8) is 0 Å². The lowest BCUT2D eigenvalue weighted by molar-refractivity contribution is 0.201. The SMILES string of the molecule is NC1CCN([C@@H]2C[C@H]2c2ccccc2)CC1. The van der Waals surface area contributed by atoms with Crippen LogP contribution in [0.5, 0.6) is 0 Å². The molecule has 0 bridgehead atoms. The van der Waals surface area contributed by atoms with Gasteiger partial charge in [0.2, 0.25) is 0 Å². The Hall–Kier alpha value is -0.860. The first kappa shape index (κ1) is 10.3. The molecule has 1 aromatic carbocycles. The topological polar surface area (TPSA) is 29.3 Å². The van der Waals surface area contributed by atoms with E-state index in [0.29, 0.717) is 6.04 Å². The highest BCUT2D eigenvalue weighted by Crippen LogP contribution is 2.45. The molecule has 86 valence electrons. The van der Waals surface area contributed by atoms with Crippen molar-refractivity contribution in [3.05, 3.63) is 35.9 Å². The molecule has 2 nitrogen and oxygen atoms in total. The van der Waals surface area contributed by atoms with Crippen LogP contribution in [0.3, 0.4) is 0 Å². The van der Waals surface area contributed by atoms with E-state index in [9.17, 15) is 0 Å². The standard InChI is InChI=1S/C14H20N2/c15-12-6-8-16(9-7-12)14-10-13(14)11-4-2-1-3-5-11/h1-5,12-14H,6-10,15H2/t13-,14+/m0/s1. The average Bonchev–Trinajstić information content (AvgIpc) is 3.11. The highest BCUT2D eigenvalue weighted by Gasteiger charge is 2.43. The molecule has 1 aliphatic carbocycles. The number of nitrogens with two attached hydrogens (primary N) is 1. The second kappa shape index (κ2) is 4.19. The lowest BCUT2D eigenvalue weighted by atomic mass is 10.1. The molecule has 3 rings (SSSR count). The summed E-state index contributed by atoms with van der Waals surface area (Å²) in [5.41, 5.74) is 7.45. The van der Waals surface area contributed by atoms with Crippen molar-refractivity contribution in [2.45, 2.75) is 37.3 Å². The summed E-state index contributed by atoms with van der Waals surface area (Å²) in [6.07, 6.45) is 3.70. The third-order valence-corrected chi connectivity index (χ3v) is 4.03. The molecule has 0 aromatic heterocycles. The molecule has 0 unspecified atom stereocenters. The predicted octanol–water partition coefficient (Wildman–Crippen LogP) is 1.97. The minimum atomic E-state index is 0.449. The number of likely N-dealkylation sites (tertiary alicyclic amines) is 1. The molecular weight excluding hydrogens is 196 g/mol. The van der Waals surface area contributed by atoms with Crippen LogP contribution in [0.2, 0.25) is 0 Å². The van der Waals surface area contributed by atoms with Crippen LogP contribution in [0.25, 0.3) is 0 Å². The lowest BCUT2D eigenvalue weighted by Gasteiger charge is -2.30. The molecule has 1 aromatic rings. The number of benzene rings is 1. The average molecular weight is 216 g/mol. The Labute approximate surface area is 97.4 Å². The van der Waals surface area contributed by atoms with Crippen LogP contribution < -0.4 is 5.73 Å². The molecule has 1 heterocycles. The van der Waals surface area contributed by atoms with Gasteiger partial charge in [-0.2, -0.15) is 0 Å². The van der Waals surface area contributed by atoms with Gasteiger partial charge in [0.05, 0.1) is 0 Å². The van der Waals surface area contributed by atoms with E-state index in [1.807, 2.05) is 0 Å². The highest BCUT2D eigenvalue weighted by atomic mass is 15.2. The van der Waals surface area contributed by atoms with Crippen molar-refractivity contribution in [1.82, 2.24) is 4.90 Å². The minimum Gasteiger partial charge on any atom is -0.328 e. The molecule has 0 amide bonds. The monoisotopic (exact) mass is 216 g/mol. The maximum absolute atomic E-state index is 5.94. The Morgan fingerprint density at radius 1 is 1.06 bits per heavy atom. The minimum absolute atomic E-state index is 0.449. The molecule has 1 saturated carbocycles. The summed E-state index contributed by atoms with van der Waals surface area (Å²) in [6, 6.07) is 12.2. The van der Waals surface area contributed by atoms with Gasteiger partial charge in [-0.25, -0.2) is 0 Å². The zero-order valence-corrected chi connectivity index (χ0v) is 9.68. The summed E-state index contributed by atoms with van der Waals surface area (Å²) >= 11 is 0. The van der Waals surface area contributed by atoms with Crippen LogP contribution >= 0.6 is 0 Å². The van der Waals surface area contributed by atoms with Crippen LogP contribution in [0, 0.1) is 0 Å². The largest absolute Gasteiger partial charge is 0.328 e. The van der Waals surface area contributed by atoms with Gasteiger partial charge in [-0.15, -0.1) is 0 Å². The van der Waals surface area contributed by atoms with E-state index in [1.165, 1.54) is 37.9 Å². The zero-order chi connectivity index (χ0) is 11.0. The fourth-order valence-corrected chi connectivity index (χ4v) is 2.89. The van der Waals surface area contributed by atoms with Crippen molar-refractivity contribution in [2.24, 2.45) is 5.73 Å². The van der Waals surface area contributed by atoms with E-state index in [0.717, 1.165) is 12.0 Å². The molecule has 2 N–H and O–H groups in total. The van der Waals surface area contributed by atoms with E-state index >= 15 is 0 Å². The molecular formula is C14H20N2.